The molecule has 1 aromatic rings. The summed E-state index contributed by atoms with van der Waals surface area (Å²) < 4.78 is 28.5. The van der Waals surface area contributed by atoms with Crippen molar-refractivity contribution in [3.05, 3.63) is 29.8 Å². The van der Waals surface area contributed by atoms with Crippen molar-refractivity contribution in [3.63, 3.8) is 0 Å². The topological polar surface area (TPSA) is 38.3 Å². The fourth-order valence-electron chi connectivity index (χ4n) is 1.19. The van der Waals surface area contributed by atoms with Gasteiger partial charge in [0.2, 0.25) is 0 Å². The Morgan fingerprint density at radius 1 is 1.47 bits per heavy atom. The first-order valence-corrected chi connectivity index (χ1v) is 5.48. The predicted molar refractivity (Wildman–Crippen MR) is 60.7 cm³/mol. The molecule has 3 nitrogen and oxygen atoms in total. The zero-order valence-corrected chi connectivity index (χ0v) is 9.88. The van der Waals surface area contributed by atoms with E-state index in [4.69, 9.17) is 11.6 Å². The highest BCUT2D eigenvalue weighted by atomic mass is 35.5. The average molecular weight is 264 g/mol. The summed E-state index contributed by atoms with van der Waals surface area (Å²) in [5, 5.41) is 2.56. The number of rotatable bonds is 5. The minimum absolute atomic E-state index is 0.0600. The summed E-state index contributed by atoms with van der Waals surface area (Å²) in [5.74, 6) is -0.403. The lowest BCUT2D eigenvalue weighted by molar-refractivity contribution is -0.0501. The molecule has 0 spiro atoms. The Balaban J connectivity index is 2.85. The summed E-state index contributed by atoms with van der Waals surface area (Å²) in [4.78, 5) is 11.7. The number of alkyl halides is 3. The SMILES string of the molecule is CC(CCl)NC(=O)c1ccccc1OC(F)F. The van der Waals surface area contributed by atoms with Gasteiger partial charge in [0.05, 0.1) is 5.56 Å². The van der Waals surface area contributed by atoms with Crippen LogP contribution in [0.25, 0.3) is 0 Å². The van der Waals surface area contributed by atoms with E-state index in [1.165, 1.54) is 18.2 Å². The molecule has 0 aliphatic rings. The maximum absolute atomic E-state index is 12.1. The number of nitrogens with one attached hydrogen (secondary N) is 1. The number of para-hydroxylation sites is 1. The zero-order chi connectivity index (χ0) is 12.8. The molecule has 0 aliphatic heterocycles. The fourth-order valence-corrected chi connectivity index (χ4v) is 1.27. The molecule has 6 heteroatoms. The van der Waals surface area contributed by atoms with Crippen molar-refractivity contribution in [2.45, 2.75) is 19.6 Å². The molecular formula is C11H12ClF2NO2. The van der Waals surface area contributed by atoms with Crippen LogP contribution >= 0.6 is 11.6 Å². The number of ether oxygens (including phenoxy) is 1. The molecule has 1 atom stereocenters. The van der Waals surface area contributed by atoms with Crippen LogP contribution in [0.4, 0.5) is 8.78 Å². The van der Waals surface area contributed by atoms with Crippen LogP contribution in [-0.4, -0.2) is 24.4 Å². The van der Waals surface area contributed by atoms with Gasteiger partial charge in [-0.15, -0.1) is 11.6 Å². The number of carbonyl (C=O) groups is 1. The first-order valence-electron chi connectivity index (χ1n) is 4.95. The van der Waals surface area contributed by atoms with Crippen LogP contribution in [0.5, 0.6) is 5.75 Å². The molecule has 0 heterocycles. The van der Waals surface area contributed by atoms with E-state index in [-0.39, 0.29) is 23.2 Å². The summed E-state index contributed by atoms with van der Waals surface area (Å²) in [7, 11) is 0. The minimum Gasteiger partial charge on any atom is -0.434 e. The molecule has 0 saturated heterocycles. The van der Waals surface area contributed by atoms with Crippen molar-refractivity contribution in [1.29, 1.82) is 0 Å². The van der Waals surface area contributed by atoms with Crippen molar-refractivity contribution in [1.82, 2.24) is 5.32 Å². The van der Waals surface area contributed by atoms with Crippen LogP contribution in [0, 0.1) is 0 Å². The molecule has 17 heavy (non-hydrogen) atoms. The molecule has 0 fully saturated rings. The Bertz CT molecular complexity index is 387. The second-order valence-corrected chi connectivity index (χ2v) is 3.71. The molecule has 1 amide bonds. The van der Waals surface area contributed by atoms with E-state index in [0.29, 0.717) is 0 Å². The van der Waals surface area contributed by atoms with Gasteiger partial charge in [-0.2, -0.15) is 8.78 Å². The number of hydrogen-bond donors (Lipinski definition) is 1. The Morgan fingerprint density at radius 3 is 2.71 bits per heavy atom. The maximum Gasteiger partial charge on any atom is 0.387 e. The second-order valence-electron chi connectivity index (χ2n) is 3.40. The maximum atomic E-state index is 12.1. The van der Waals surface area contributed by atoms with Gasteiger partial charge in [-0.05, 0) is 19.1 Å². The molecule has 1 rings (SSSR count). The molecule has 0 saturated carbocycles. The van der Waals surface area contributed by atoms with Gasteiger partial charge in [0, 0.05) is 11.9 Å². The summed E-state index contributed by atoms with van der Waals surface area (Å²) in [6, 6.07) is 5.56. The van der Waals surface area contributed by atoms with Gasteiger partial charge in [0.1, 0.15) is 5.75 Å². The van der Waals surface area contributed by atoms with Crippen molar-refractivity contribution in [3.8, 4) is 5.75 Å². The first kappa shape index (κ1) is 13.7. The van der Waals surface area contributed by atoms with Crippen LogP contribution in [-0.2, 0) is 0 Å². The van der Waals surface area contributed by atoms with Crippen LogP contribution in [0.1, 0.15) is 17.3 Å². The smallest absolute Gasteiger partial charge is 0.387 e. The van der Waals surface area contributed by atoms with E-state index in [1.807, 2.05) is 0 Å². The lowest BCUT2D eigenvalue weighted by Crippen LogP contribution is -2.34. The predicted octanol–water partition coefficient (Wildman–Crippen LogP) is 2.65. The monoisotopic (exact) mass is 263 g/mol. The molecule has 1 unspecified atom stereocenters. The van der Waals surface area contributed by atoms with Crippen LogP contribution < -0.4 is 10.1 Å². The number of amides is 1. The Hall–Kier alpha value is -1.36. The van der Waals surface area contributed by atoms with E-state index in [1.54, 1.807) is 13.0 Å². The van der Waals surface area contributed by atoms with E-state index in [2.05, 4.69) is 10.1 Å². The minimum atomic E-state index is -2.96. The molecule has 0 aliphatic carbocycles. The van der Waals surface area contributed by atoms with E-state index in [9.17, 15) is 13.6 Å². The molecule has 1 aromatic carbocycles. The third kappa shape index (κ3) is 4.19. The highest BCUT2D eigenvalue weighted by Crippen LogP contribution is 2.20. The zero-order valence-electron chi connectivity index (χ0n) is 9.12. The standard InChI is InChI=1S/C11H12ClF2NO2/c1-7(6-12)15-10(16)8-4-2-3-5-9(8)17-11(13)14/h2-5,7,11H,6H2,1H3,(H,15,16). The first-order chi connectivity index (χ1) is 8.04. The Morgan fingerprint density at radius 2 is 2.12 bits per heavy atom. The lowest BCUT2D eigenvalue weighted by Gasteiger charge is -2.13. The third-order valence-corrected chi connectivity index (χ3v) is 2.42. The van der Waals surface area contributed by atoms with Crippen molar-refractivity contribution < 1.29 is 18.3 Å². The van der Waals surface area contributed by atoms with Gasteiger partial charge in [0.25, 0.3) is 5.91 Å². The van der Waals surface area contributed by atoms with E-state index < -0.39 is 12.5 Å². The normalized spacial score (nSPS) is 12.3. The Kier molecular flexibility index (Phi) is 5.15. The number of hydrogen-bond acceptors (Lipinski definition) is 2. The van der Waals surface area contributed by atoms with Crippen LogP contribution in [0.3, 0.4) is 0 Å². The van der Waals surface area contributed by atoms with Gasteiger partial charge in [0.15, 0.2) is 0 Å². The van der Waals surface area contributed by atoms with Crippen LogP contribution in [0.15, 0.2) is 24.3 Å². The molecular weight excluding hydrogens is 252 g/mol. The van der Waals surface area contributed by atoms with Gasteiger partial charge in [-0.25, -0.2) is 0 Å². The highest BCUT2D eigenvalue weighted by Gasteiger charge is 2.16. The molecule has 0 aromatic heterocycles. The number of halogens is 3. The number of benzene rings is 1. The summed E-state index contributed by atoms with van der Waals surface area (Å²) >= 11 is 5.54. The second kappa shape index (κ2) is 6.39. The lowest BCUT2D eigenvalue weighted by atomic mass is 10.2. The van der Waals surface area contributed by atoms with Crippen LogP contribution in [0.2, 0.25) is 0 Å². The van der Waals surface area contributed by atoms with Gasteiger partial charge in [-0.3, -0.25) is 4.79 Å². The summed E-state index contributed by atoms with van der Waals surface area (Å²) in [5.41, 5.74) is 0.0600. The number of carbonyl (C=O) groups excluding carboxylic acids is 1. The van der Waals surface area contributed by atoms with Gasteiger partial charge in [-0.1, -0.05) is 12.1 Å². The highest BCUT2D eigenvalue weighted by molar-refractivity contribution is 6.18. The van der Waals surface area contributed by atoms with Gasteiger partial charge >= 0.3 is 6.61 Å². The molecule has 1 N–H and O–H groups in total. The molecule has 0 bridgehead atoms. The average Bonchev–Trinajstić information content (AvgIpc) is 2.28. The van der Waals surface area contributed by atoms with Crippen molar-refractivity contribution in [2.75, 3.05) is 5.88 Å². The largest absolute Gasteiger partial charge is 0.434 e. The van der Waals surface area contributed by atoms with Crippen molar-refractivity contribution in [2.24, 2.45) is 0 Å². The third-order valence-electron chi connectivity index (χ3n) is 1.96. The fraction of sp³-hybridized carbons (Fsp3) is 0.364. The van der Waals surface area contributed by atoms with Crippen molar-refractivity contribution >= 4 is 17.5 Å². The van der Waals surface area contributed by atoms with E-state index in [0.717, 1.165) is 0 Å². The Labute approximate surface area is 103 Å². The van der Waals surface area contributed by atoms with E-state index >= 15 is 0 Å². The van der Waals surface area contributed by atoms with Gasteiger partial charge < -0.3 is 10.1 Å². The summed E-state index contributed by atoms with van der Waals surface area (Å²) in [6.07, 6.45) is 0. The summed E-state index contributed by atoms with van der Waals surface area (Å²) in [6.45, 7) is -1.25. The quantitative estimate of drug-likeness (QED) is 0.830. The molecule has 0 radical (unpaired) electrons. The molecule has 94 valence electrons.